The Morgan fingerprint density at radius 2 is 1.88 bits per heavy atom. The van der Waals surface area contributed by atoms with Crippen LogP contribution in [0, 0.1) is 5.92 Å². The minimum atomic E-state index is -0.955. The van der Waals surface area contributed by atoms with E-state index in [4.69, 9.17) is 13.9 Å². The Morgan fingerprint density at radius 1 is 1.15 bits per heavy atom. The molecular formula is C25H33N3O6. The van der Waals surface area contributed by atoms with Crippen LogP contribution < -0.4 is 5.32 Å². The first-order valence-electron chi connectivity index (χ1n) is 12.3. The van der Waals surface area contributed by atoms with Gasteiger partial charge < -0.3 is 24.1 Å². The number of rotatable bonds is 8. The molecule has 1 aromatic carbocycles. The number of hydrogen-bond acceptors (Lipinski definition) is 7. The van der Waals surface area contributed by atoms with Crippen molar-refractivity contribution in [2.45, 2.75) is 64.0 Å². The summed E-state index contributed by atoms with van der Waals surface area (Å²) in [6.45, 7) is 3.58. The summed E-state index contributed by atoms with van der Waals surface area (Å²) >= 11 is 0. The zero-order chi connectivity index (χ0) is 23.9. The number of para-hydroxylation sites is 2. The number of ether oxygens (including phenoxy) is 2. The molecule has 0 radical (unpaired) electrons. The first-order chi connectivity index (χ1) is 16.5. The molecule has 2 unspecified atom stereocenters. The van der Waals surface area contributed by atoms with E-state index in [1.54, 1.807) is 30.0 Å². The van der Waals surface area contributed by atoms with Gasteiger partial charge in [0.15, 0.2) is 11.7 Å². The van der Waals surface area contributed by atoms with Crippen LogP contribution in [0.2, 0.25) is 0 Å². The van der Waals surface area contributed by atoms with Crippen LogP contribution in [0.3, 0.4) is 0 Å². The van der Waals surface area contributed by atoms with Crippen LogP contribution in [0.1, 0.15) is 62.6 Å². The Balaban J connectivity index is 1.45. The number of nitrogens with zero attached hydrogens (tertiary/aromatic N) is 2. The van der Waals surface area contributed by atoms with Gasteiger partial charge in [-0.25, -0.2) is 9.78 Å². The lowest BCUT2D eigenvalue weighted by atomic mass is 9.85. The van der Waals surface area contributed by atoms with Gasteiger partial charge in [0.05, 0.1) is 19.3 Å². The van der Waals surface area contributed by atoms with E-state index in [0.717, 1.165) is 25.7 Å². The molecule has 1 saturated carbocycles. The van der Waals surface area contributed by atoms with Gasteiger partial charge >= 0.3 is 6.09 Å². The van der Waals surface area contributed by atoms with Gasteiger partial charge in [0.2, 0.25) is 5.78 Å². The van der Waals surface area contributed by atoms with Crippen molar-refractivity contribution in [3.8, 4) is 0 Å². The largest absolute Gasteiger partial charge is 0.436 e. The number of morpholine rings is 1. The zero-order valence-corrected chi connectivity index (χ0v) is 19.7. The summed E-state index contributed by atoms with van der Waals surface area (Å²) in [6, 6.07) is 6.30. The first-order valence-corrected chi connectivity index (χ1v) is 12.3. The lowest BCUT2D eigenvalue weighted by molar-refractivity contribution is -0.132. The van der Waals surface area contributed by atoms with Gasteiger partial charge in [-0.3, -0.25) is 9.59 Å². The molecule has 9 nitrogen and oxygen atoms in total. The minimum Gasteiger partial charge on any atom is -0.436 e. The van der Waals surface area contributed by atoms with Crippen molar-refractivity contribution in [3.05, 3.63) is 30.2 Å². The summed E-state index contributed by atoms with van der Waals surface area (Å²) in [4.78, 5) is 44.9. The molecule has 1 saturated heterocycles. The quantitative estimate of drug-likeness (QED) is 0.584. The van der Waals surface area contributed by atoms with E-state index >= 15 is 0 Å². The van der Waals surface area contributed by atoms with Gasteiger partial charge in [0, 0.05) is 13.1 Å². The molecule has 0 spiro atoms. The maximum Gasteiger partial charge on any atom is 0.410 e. The first kappa shape index (κ1) is 24.2. The fourth-order valence-electron chi connectivity index (χ4n) is 4.62. The number of nitrogens with one attached hydrogen (secondary N) is 1. The second kappa shape index (κ2) is 11.5. The van der Waals surface area contributed by atoms with Crippen LogP contribution in [-0.2, 0) is 14.3 Å². The van der Waals surface area contributed by atoms with Gasteiger partial charge in [-0.1, -0.05) is 51.2 Å². The molecule has 184 valence electrons. The Hall–Kier alpha value is -2.94. The zero-order valence-electron chi connectivity index (χ0n) is 19.7. The summed E-state index contributed by atoms with van der Waals surface area (Å²) in [5, 5.41) is 2.80. The van der Waals surface area contributed by atoms with E-state index in [1.165, 1.54) is 6.42 Å². The SMILES string of the molecule is CCC(NC(=O)C(CC1CCCCC1)OC(=O)N1CCOCC1)C(=O)c1nc2ccccc2o1. The maximum absolute atomic E-state index is 13.3. The van der Waals surface area contributed by atoms with Crippen molar-refractivity contribution in [3.63, 3.8) is 0 Å². The topological polar surface area (TPSA) is 111 Å². The highest BCUT2D eigenvalue weighted by Crippen LogP contribution is 2.28. The molecule has 2 amide bonds. The lowest BCUT2D eigenvalue weighted by Gasteiger charge is -2.30. The van der Waals surface area contributed by atoms with E-state index in [-0.39, 0.29) is 5.89 Å². The second-order valence-electron chi connectivity index (χ2n) is 9.03. The number of Topliss-reactive ketones (excluding diaryl/α,β-unsaturated/α-hetero) is 1. The minimum absolute atomic E-state index is 0.0394. The second-order valence-corrected chi connectivity index (χ2v) is 9.03. The molecule has 2 aromatic rings. The van der Waals surface area contributed by atoms with Crippen molar-refractivity contribution in [1.82, 2.24) is 15.2 Å². The molecule has 1 aliphatic heterocycles. The summed E-state index contributed by atoms with van der Waals surface area (Å²) in [5.74, 6) is -0.580. The van der Waals surface area contributed by atoms with Crippen LogP contribution >= 0.6 is 0 Å². The number of amides is 2. The average molecular weight is 472 g/mol. The monoisotopic (exact) mass is 471 g/mol. The van der Waals surface area contributed by atoms with Crippen LogP contribution in [0.25, 0.3) is 11.1 Å². The van der Waals surface area contributed by atoms with E-state index in [9.17, 15) is 14.4 Å². The molecule has 9 heteroatoms. The van der Waals surface area contributed by atoms with Crippen molar-refractivity contribution in [2.24, 2.45) is 5.92 Å². The summed E-state index contributed by atoms with van der Waals surface area (Å²) in [5.41, 5.74) is 1.10. The third-order valence-electron chi connectivity index (χ3n) is 6.62. The molecule has 1 aromatic heterocycles. The molecule has 1 aliphatic carbocycles. The Morgan fingerprint density at radius 3 is 2.59 bits per heavy atom. The summed E-state index contributed by atoms with van der Waals surface area (Å²) < 4.78 is 16.6. The third-order valence-corrected chi connectivity index (χ3v) is 6.62. The number of carbonyl (C=O) groups excluding carboxylic acids is 3. The summed E-state index contributed by atoms with van der Waals surface area (Å²) in [6.07, 6.45) is 4.79. The molecule has 2 heterocycles. The van der Waals surface area contributed by atoms with Gasteiger partial charge in [-0.15, -0.1) is 0 Å². The van der Waals surface area contributed by atoms with E-state index in [0.29, 0.717) is 56.2 Å². The average Bonchev–Trinajstić information content (AvgIpc) is 3.32. The van der Waals surface area contributed by atoms with Gasteiger partial charge in [0.1, 0.15) is 5.52 Å². The van der Waals surface area contributed by atoms with E-state index < -0.39 is 29.9 Å². The molecule has 0 bridgehead atoms. The van der Waals surface area contributed by atoms with Crippen molar-refractivity contribution in [2.75, 3.05) is 26.3 Å². The van der Waals surface area contributed by atoms with Gasteiger partial charge in [-0.2, -0.15) is 0 Å². The number of oxazole rings is 1. The maximum atomic E-state index is 13.3. The number of ketones is 1. The Labute approximate surface area is 199 Å². The predicted octanol–water partition coefficient (Wildman–Crippen LogP) is 3.71. The van der Waals surface area contributed by atoms with Crippen molar-refractivity contribution >= 4 is 28.9 Å². The molecule has 2 atom stereocenters. The lowest BCUT2D eigenvalue weighted by Crippen LogP contribution is -2.49. The van der Waals surface area contributed by atoms with Crippen molar-refractivity contribution < 1.29 is 28.3 Å². The highest BCUT2D eigenvalue weighted by molar-refractivity contribution is 6.00. The number of benzene rings is 1. The highest BCUT2D eigenvalue weighted by Gasteiger charge is 2.33. The van der Waals surface area contributed by atoms with Crippen LogP contribution in [-0.4, -0.2) is 66.1 Å². The molecule has 4 rings (SSSR count). The fourth-order valence-corrected chi connectivity index (χ4v) is 4.62. The standard InChI is InChI=1S/C25H33N3O6/c1-2-18(22(29)24-27-19-10-6-7-11-20(19)33-24)26-23(30)21(16-17-8-4-3-5-9-17)34-25(31)28-12-14-32-15-13-28/h6-7,10-11,17-18,21H,2-5,8-9,12-16H2,1H3,(H,26,30). The third kappa shape index (κ3) is 5.94. The smallest absolute Gasteiger partial charge is 0.410 e. The number of fused-ring (bicyclic) bond motifs is 1. The highest BCUT2D eigenvalue weighted by atomic mass is 16.6. The van der Waals surface area contributed by atoms with Crippen LogP contribution in [0.15, 0.2) is 28.7 Å². The van der Waals surface area contributed by atoms with E-state index in [2.05, 4.69) is 10.3 Å². The van der Waals surface area contributed by atoms with Crippen LogP contribution in [0.5, 0.6) is 0 Å². The molecular weight excluding hydrogens is 438 g/mol. The Kier molecular flexibility index (Phi) is 8.16. The van der Waals surface area contributed by atoms with Crippen LogP contribution in [0.4, 0.5) is 4.79 Å². The van der Waals surface area contributed by atoms with E-state index in [1.807, 2.05) is 6.07 Å². The molecule has 34 heavy (non-hydrogen) atoms. The van der Waals surface area contributed by atoms with Gasteiger partial charge in [-0.05, 0) is 30.9 Å². The van der Waals surface area contributed by atoms with Crippen molar-refractivity contribution in [1.29, 1.82) is 0 Å². The number of hydrogen-bond donors (Lipinski definition) is 1. The normalized spacial score (nSPS) is 18.9. The predicted molar refractivity (Wildman–Crippen MR) is 124 cm³/mol. The van der Waals surface area contributed by atoms with Gasteiger partial charge in [0.25, 0.3) is 11.8 Å². The number of aromatic nitrogens is 1. The number of carbonyl (C=O) groups is 3. The Bertz CT molecular complexity index is 960. The molecule has 2 fully saturated rings. The molecule has 2 aliphatic rings. The summed E-state index contributed by atoms with van der Waals surface area (Å²) in [7, 11) is 0. The molecule has 1 N–H and O–H groups in total. The fraction of sp³-hybridized carbons (Fsp3) is 0.600.